The smallest absolute Gasteiger partial charge is 0.416 e. The predicted molar refractivity (Wildman–Crippen MR) is 169 cm³/mol. The maximum Gasteiger partial charge on any atom is 0.416 e. The van der Waals surface area contributed by atoms with Crippen LogP contribution in [0.25, 0.3) is 0 Å². The molecule has 0 saturated carbocycles. The lowest BCUT2D eigenvalue weighted by atomic mass is 9.94. The molecule has 4 aromatic carbocycles. The molecule has 0 aromatic heterocycles. The summed E-state index contributed by atoms with van der Waals surface area (Å²) in [5.74, 6) is -0.0155. The normalized spacial score (nSPS) is 16.7. The molecule has 3 N–H and O–H groups in total. The molecule has 14 heteroatoms. The molecule has 0 saturated heterocycles. The Balaban J connectivity index is 1.62. The first-order valence-corrected chi connectivity index (χ1v) is 16.2. The summed E-state index contributed by atoms with van der Waals surface area (Å²) in [4.78, 5) is 20.4. The number of hydrogen-bond donors (Lipinski definition) is 2. The number of amidine groups is 1. The Hall–Kier alpha value is -4.10. The van der Waals surface area contributed by atoms with Gasteiger partial charge in [-0.15, -0.1) is 0 Å². The number of sulfonamides is 1. The van der Waals surface area contributed by atoms with Crippen LogP contribution in [0.2, 0.25) is 10.0 Å². The van der Waals surface area contributed by atoms with Crippen molar-refractivity contribution in [2.45, 2.75) is 36.6 Å². The van der Waals surface area contributed by atoms with E-state index in [1.54, 1.807) is 55.5 Å². The highest BCUT2D eigenvalue weighted by Crippen LogP contribution is 2.45. The monoisotopic (exact) mass is 690 g/mol. The van der Waals surface area contributed by atoms with E-state index in [0.29, 0.717) is 26.7 Å². The molecule has 0 bridgehead atoms. The zero-order valence-corrected chi connectivity index (χ0v) is 26.5. The van der Waals surface area contributed by atoms with Crippen molar-refractivity contribution in [1.29, 1.82) is 0 Å². The summed E-state index contributed by atoms with van der Waals surface area (Å²) in [7, 11) is -3.91. The van der Waals surface area contributed by atoms with E-state index in [-0.39, 0.29) is 35.2 Å². The Bertz CT molecular complexity index is 1870. The molecule has 2 amide bonds. The molecule has 0 aliphatic carbocycles. The summed E-state index contributed by atoms with van der Waals surface area (Å²) in [5, 5.41) is 8.98. The zero-order chi connectivity index (χ0) is 33.2. The van der Waals surface area contributed by atoms with Gasteiger partial charge in [0, 0.05) is 16.6 Å². The highest BCUT2D eigenvalue weighted by Gasteiger charge is 2.43. The molecule has 2 atom stereocenters. The highest BCUT2D eigenvalue weighted by molar-refractivity contribution is 7.89. The summed E-state index contributed by atoms with van der Waals surface area (Å²) in [5.41, 5.74) is 1.18. The van der Waals surface area contributed by atoms with Gasteiger partial charge >= 0.3 is 12.2 Å². The van der Waals surface area contributed by atoms with Gasteiger partial charge in [0.1, 0.15) is 17.6 Å². The van der Waals surface area contributed by atoms with E-state index in [9.17, 15) is 26.4 Å². The number of hydrogen-bond acceptors (Lipinski definition) is 5. The average molecular weight is 692 g/mol. The molecule has 5 rings (SSSR count). The number of ether oxygens (including phenoxy) is 1. The quantitative estimate of drug-likeness (QED) is 0.199. The third kappa shape index (κ3) is 7.31. The molecule has 4 aromatic rings. The number of benzene rings is 4. The second-order valence-corrected chi connectivity index (χ2v) is 12.7. The van der Waals surface area contributed by atoms with Crippen LogP contribution in [0.5, 0.6) is 5.75 Å². The van der Waals surface area contributed by atoms with E-state index >= 15 is 0 Å². The summed E-state index contributed by atoms with van der Waals surface area (Å²) in [6.07, 6.45) is -4.63. The van der Waals surface area contributed by atoms with Crippen LogP contribution < -0.4 is 15.2 Å². The highest BCUT2D eigenvalue weighted by atomic mass is 35.5. The van der Waals surface area contributed by atoms with Crippen molar-refractivity contribution in [2.75, 3.05) is 6.61 Å². The Morgan fingerprint density at radius 3 is 2.07 bits per heavy atom. The fourth-order valence-electron chi connectivity index (χ4n) is 5.09. The summed E-state index contributed by atoms with van der Waals surface area (Å²) in [6.45, 7) is 1.68. The Kier molecular flexibility index (Phi) is 9.64. The van der Waals surface area contributed by atoms with Gasteiger partial charge in [0.25, 0.3) is 0 Å². The molecule has 46 heavy (non-hydrogen) atoms. The first kappa shape index (κ1) is 33.3. The van der Waals surface area contributed by atoms with Crippen molar-refractivity contribution < 1.29 is 31.1 Å². The zero-order valence-electron chi connectivity index (χ0n) is 24.1. The molecule has 1 aliphatic heterocycles. The fourth-order valence-corrected chi connectivity index (χ4v) is 5.85. The summed E-state index contributed by atoms with van der Waals surface area (Å²) in [6, 6.07) is 20.3. The second kappa shape index (κ2) is 13.3. The van der Waals surface area contributed by atoms with E-state index in [4.69, 9.17) is 38.1 Å². The minimum atomic E-state index is -4.63. The Labute approximate surface area is 273 Å². The molecule has 1 heterocycles. The lowest BCUT2D eigenvalue weighted by Crippen LogP contribution is -2.44. The van der Waals surface area contributed by atoms with Crippen molar-refractivity contribution in [3.63, 3.8) is 0 Å². The van der Waals surface area contributed by atoms with Crippen molar-refractivity contribution in [2.24, 2.45) is 10.1 Å². The average Bonchev–Trinajstić information content (AvgIpc) is 3.40. The van der Waals surface area contributed by atoms with Gasteiger partial charge in [-0.25, -0.2) is 18.4 Å². The van der Waals surface area contributed by atoms with Crippen LogP contribution in [0.1, 0.15) is 46.8 Å². The van der Waals surface area contributed by atoms with Crippen LogP contribution in [0, 0.1) is 0 Å². The van der Waals surface area contributed by atoms with Crippen LogP contribution in [0.4, 0.5) is 18.0 Å². The molecule has 0 radical (unpaired) electrons. The molecule has 0 fully saturated rings. The Morgan fingerprint density at radius 2 is 1.52 bits per heavy atom. The van der Waals surface area contributed by atoms with Crippen LogP contribution in [-0.4, -0.2) is 31.8 Å². The van der Waals surface area contributed by atoms with Gasteiger partial charge in [-0.3, -0.25) is 9.89 Å². The topological polar surface area (TPSA) is 114 Å². The first-order chi connectivity index (χ1) is 21.8. The minimum absolute atomic E-state index is 0.0161. The number of halogens is 5. The maximum absolute atomic E-state index is 14.2. The van der Waals surface area contributed by atoms with Crippen LogP contribution in [0.3, 0.4) is 0 Å². The minimum Gasteiger partial charge on any atom is -0.493 e. The number of carbonyl (C=O) groups is 1. The van der Waals surface area contributed by atoms with E-state index in [1.165, 1.54) is 35.2 Å². The molecule has 1 aliphatic rings. The van der Waals surface area contributed by atoms with Gasteiger partial charge in [-0.1, -0.05) is 59.6 Å². The number of carbonyl (C=O) groups excluding carboxylic acids is 1. The fraction of sp³-hybridized carbons (Fsp3) is 0.188. The maximum atomic E-state index is 14.2. The van der Waals surface area contributed by atoms with Gasteiger partial charge < -0.3 is 10.1 Å². The van der Waals surface area contributed by atoms with Crippen molar-refractivity contribution in [1.82, 2.24) is 10.2 Å². The van der Waals surface area contributed by atoms with Gasteiger partial charge in [0.2, 0.25) is 10.0 Å². The first-order valence-electron chi connectivity index (χ1n) is 13.9. The number of primary sulfonamides is 1. The lowest BCUT2D eigenvalue weighted by molar-refractivity contribution is -0.137. The third-order valence-electron chi connectivity index (χ3n) is 7.25. The van der Waals surface area contributed by atoms with Crippen LogP contribution in [-0.2, 0) is 22.7 Å². The SMILES string of the molecule is CCOc1cc(C(F)(F)F)ccc1C1=NC(c2ccc(Cl)cc2)C(c2ccc(Cl)cc2)N1C(=O)NCc1ccc(S(N)(=O)=O)cc1. The van der Waals surface area contributed by atoms with Crippen LogP contribution in [0.15, 0.2) is 101 Å². The van der Waals surface area contributed by atoms with Gasteiger partial charge in [-0.05, 0) is 78.2 Å². The van der Waals surface area contributed by atoms with Gasteiger partial charge in [0.05, 0.1) is 28.7 Å². The Morgan fingerprint density at radius 1 is 0.935 bits per heavy atom. The predicted octanol–water partition coefficient (Wildman–Crippen LogP) is 7.51. The van der Waals surface area contributed by atoms with Crippen molar-refractivity contribution in [3.8, 4) is 5.75 Å². The summed E-state index contributed by atoms with van der Waals surface area (Å²) < 4.78 is 70.0. The number of urea groups is 1. The number of nitrogens with one attached hydrogen (secondary N) is 1. The molecular formula is C32H27Cl2F3N4O4S. The van der Waals surface area contributed by atoms with Crippen LogP contribution >= 0.6 is 23.2 Å². The van der Waals surface area contributed by atoms with E-state index in [0.717, 1.165) is 12.1 Å². The molecule has 2 unspecified atom stereocenters. The number of aliphatic imine (C=N–C) groups is 1. The number of rotatable bonds is 8. The molecule has 8 nitrogen and oxygen atoms in total. The third-order valence-corrected chi connectivity index (χ3v) is 8.69. The lowest BCUT2D eigenvalue weighted by Gasteiger charge is -2.30. The molecular weight excluding hydrogens is 664 g/mol. The van der Waals surface area contributed by atoms with E-state index in [2.05, 4.69) is 5.32 Å². The van der Waals surface area contributed by atoms with Gasteiger partial charge in [-0.2, -0.15) is 13.2 Å². The standard InChI is InChI=1S/C32H27Cl2F3N4O4S/c1-2-45-27-17-22(32(35,36)37)9-16-26(27)30-40-28(20-5-10-23(33)11-6-20)29(21-7-12-24(34)13-8-21)41(30)31(42)39-18-19-3-14-25(15-4-19)46(38,43)44/h3-17,28-29H,2,18H2,1H3,(H,39,42)(H2,38,43,44). The number of amides is 2. The van der Waals surface area contributed by atoms with E-state index < -0.39 is 39.9 Å². The molecule has 240 valence electrons. The largest absolute Gasteiger partial charge is 0.493 e. The number of alkyl halides is 3. The summed E-state index contributed by atoms with van der Waals surface area (Å²) >= 11 is 12.3. The number of nitrogens with zero attached hydrogens (tertiary/aromatic N) is 2. The van der Waals surface area contributed by atoms with E-state index in [1.807, 2.05) is 0 Å². The number of nitrogens with two attached hydrogens (primary N) is 1. The van der Waals surface area contributed by atoms with Crippen molar-refractivity contribution >= 4 is 45.1 Å². The second-order valence-electron chi connectivity index (χ2n) is 10.3. The van der Waals surface area contributed by atoms with Crippen molar-refractivity contribution in [3.05, 3.63) is 129 Å². The molecule has 0 spiro atoms. The van der Waals surface area contributed by atoms with Gasteiger partial charge in [0.15, 0.2) is 0 Å².